The van der Waals surface area contributed by atoms with Crippen LogP contribution in [0.15, 0.2) is 41.1 Å². The first-order valence-corrected chi connectivity index (χ1v) is 10.8. The number of sulfone groups is 1. The van der Waals surface area contributed by atoms with E-state index in [1.165, 1.54) is 23.9 Å². The zero-order valence-electron chi connectivity index (χ0n) is 15.0. The molecule has 146 valence electrons. The number of rotatable bonds is 4. The SMILES string of the molecule is COC1CS(=O)(=O)c2ccc(C(=O)C3=C(n4cccn4)CCCC3=O)c(Cl)c21. The van der Waals surface area contributed by atoms with Gasteiger partial charge in [0.05, 0.1) is 33.0 Å². The van der Waals surface area contributed by atoms with Crippen LogP contribution in [0.25, 0.3) is 5.70 Å². The monoisotopic (exact) mass is 420 g/mol. The number of ketones is 2. The molecule has 0 saturated heterocycles. The molecule has 1 aromatic carbocycles. The normalized spacial score (nSPS) is 21.1. The number of methoxy groups -OCH3 is 1. The van der Waals surface area contributed by atoms with E-state index in [1.54, 1.807) is 18.5 Å². The van der Waals surface area contributed by atoms with Crippen molar-refractivity contribution >= 4 is 38.7 Å². The number of Topliss-reactive ketones (excluding diaryl/α,β-unsaturated/α-hetero) is 2. The average Bonchev–Trinajstić information content (AvgIpc) is 3.28. The number of fused-ring (bicyclic) bond motifs is 1. The molecule has 1 atom stereocenters. The molecule has 0 N–H and O–H groups in total. The maximum absolute atomic E-state index is 13.3. The highest BCUT2D eigenvalue weighted by Crippen LogP contribution is 2.42. The van der Waals surface area contributed by atoms with E-state index in [2.05, 4.69) is 5.10 Å². The highest BCUT2D eigenvalue weighted by atomic mass is 35.5. The van der Waals surface area contributed by atoms with Crippen molar-refractivity contribution < 1.29 is 22.7 Å². The van der Waals surface area contributed by atoms with Crippen molar-refractivity contribution in [2.75, 3.05) is 12.9 Å². The summed E-state index contributed by atoms with van der Waals surface area (Å²) in [5.41, 5.74) is 0.944. The van der Waals surface area contributed by atoms with Crippen molar-refractivity contribution in [2.45, 2.75) is 30.3 Å². The van der Waals surface area contributed by atoms with Crippen LogP contribution in [0.4, 0.5) is 0 Å². The number of nitrogens with zero attached hydrogens (tertiary/aromatic N) is 2. The number of benzene rings is 1. The van der Waals surface area contributed by atoms with Crippen molar-refractivity contribution in [3.63, 3.8) is 0 Å². The summed E-state index contributed by atoms with van der Waals surface area (Å²) in [6.45, 7) is 0. The maximum atomic E-state index is 13.3. The van der Waals surface area contributed by atoms with Gasteiger partial charge in [-0.2, -0.15) is 5.10 Å². The first kappa shape index (κ1) is 19.0. The molecule has 0 bridgehead atoms. The van der Waals surface area contributed by atoms with Crippen LogP contribution in [0.2, 0.25) is 5.02 Å². The summed E-state index contributed by atoms with van der Waals surface area (Å²) in [5, 5.41) is 4.16. The van der Waals surface area contributed by atoms with Gasteiger partial charge in [-0.3, -0.25) is 9.59 Å². The Morgan fingerprint density at radius 2 is 2.11 bits per heavy atom. The largest absolute Gasteiger partial charge is 0.376 e. The van der Waals surface area contributed by atoms with Crippen molar-refractivity contribution in [3.05, 3.63) is 52.3 Å². The molecule has 7 nitrogen and oxygen atoms in total. The molecule has 4 rings (SSSR count). The number of carbonyl (C=O) groups is 2. The fourth-order valence-electron chi connectivity index (χ4n) is 3.76. The molecule has 2 aromatic rings. The lowest BCUT2D eigenvalue weighted by Crippen LogP contribution is -2.22. The Hall–Kier alpha value is -2.29. The first-order valence-electron chi connectivity index (χ1n) is 8.74. The van der Waals surface area contributed by atoms with Crippen molar-refractivity contribution in [3.8, 4) is 0 Å². The summed E-state index contributed by atoms with van der Waals surface area (Å²) < 4.78 is 31.4. The fraction of sp³-hybridized carbons (Fsp3) is 0.316. The van der Waals surface area contributed by atoms with E-state index >= 15 is 0 Å². The summed E-state index contributed by atoms with van der Waals surface area (Å²) in [6, 6.07) is 4.45. The van der Waals surface area contributed by atoms with Gasteiger partial charge >= 0.3 is 0 Å². The smallest absolute Gasteiger partial charge is 0.199 e. The van der Waals surface area contributed by atoms with Crippen LogP contribution in [-0.2, 0) is 19.4 Å². The molecule has 0 fully saturated rings. The van der Waals surface area contributed by atoms with E-state index in [1.807, 2.05) is 0 Å². The number of allylic oxidation sites excluding steroid dienone is 2. The topological polar surface area (TPSA) is 95.3 Å². The Morgan fingerprint density at radius 3 is 2.79 bits per heavy atom. The zero-order valence-corrected chi connectivity index (χ0v) is 16.6. The van der Waals surface area contributed by atoms with Crippen LogP contribution >= 0.6 is 11.6 Å². The maximum Gasteiger partial charge on any atom is 0.199 e. The Morgan fingerprint density at radius 1 is 1.32 bits per heavy atom. The van der Waals surface area contributed by atoms with E-state index in [0.717, 1.165) is 0 Å². The number of hydrogen-bond acceptors (Lipinski definition) is 6. The predicted molar refractivity (Wildman–Crippen MR) is 102 cm³/mol. The third kappa shape index (κ3) is 2.92. The Labute approximate surface area is 166 Å². The zero-order chi connectivity index (χ0) is 20.1. The van der Waals surface area contributed by atoms with Gasteiger partial charge in [-0.05, 0) is 31.0 Å². The summed E-state index contributed by atoms with van der Waals surface area (Å²) in [7, 11) is -2.14. The Kier molecular flexibility index (Phi) is 4.73. The third-order valence-corrected chi connectivity index (χ3v) is 7.26. The van der Waals surface area contributed by atoms with Gasteiger partial charge < -0.3 is 4.74 Å². The second kappa shape index (κ2) is 6.95. The Bertz CT molecular complexity index is 1120. The molecule has 0 spiro atoms. The summed E-state index contributed by atoms with van der Waals surface area (Å²) in [6.07, 6.45) is 3.94. The molecule has 0 saturated carbocycles. The molecule has 1 aliphatic carbocycles. The van der Waals surface area contributed by atoms with E-state index in [9.17, 15) is 18.0 Å². The van der Waals surface area contributed by atoms with E-state index in [0.29, 0.717) is 18.5 Å². The Balaban J connectivity index is 1.88. The van der Waals surface area contributed by atoms with Gasteiger partial charge in [0.2, 0.25) is 0 Å². The van der Waals surface area contributed by atoms with Gasteiger partial charge in [-0.1, -0.05) is 11.6 Å². The highest BCUT2D eigenvalue weighted by Gasteiger charge is 2.39. The van der Waals surface area contributed by atoms with Crippen molar-refractivity contribution in [1.82, 2.24) is 9.78 Å². The standard InChI is InChI=1S/C19H17ClN2O5S/c1-27-14-10-28(25,26)15-7-6-11(18(20)17(14)15)19(24)16-12(4-2-5-13(16)23)22-9-3-8-21-22/h3,6-9,14H,2,4-5,10H2,1H3. The molecule has 0 amide bonds. The second-order valence-electron chi connectivity index (χ2n) is 6.72. The van der Waals surface area contributed by atoms with Gasteiger partial charge in [0, 0.05) is 37.1 Å². The van der Waals surface area contributed by atoms with Gasteiger partial charge in [0.1, 0.15) is 0 Å². The van der Waals surface area contributed by atoms with Crippen LogP contribution < -0.4 is 0 Å². The number of hydrogen-bond donors (Lipinski definition) is 0. The first-order chi connectivity index (χ1) is 13.3. The number of aromatic nitrogens is 2. The van der Waals surface area contributed by atoms with Gasteiger partial charge in [0.15, 0.2) is 21.4 Å². The molecule has 0 radical (unpaired) electrons. The quantitative estimate of drug-likeness (QED) is 0.557. The molecule has 28 heavy (non-hydrogen) atoms. The van der Waals surface area contributed by atoms with Crippen molar-refractivity contribution in [1.29, 1.82) is 0 Å². The lowest BCUT2D eigenvalue weighted by atomic mass is 9.88. The third-order valence-electron chi connectivity index (χ3n) is 5.09. The summed E-state index contributed by atoms with van der Waals surface area (Å²) in [4.78, 5) is 26.0. The predicted octanol–water partition coefficient (Wildman–Crippen LogP) is 2.86. The van der Waals surface area contributed by atoms with Crippen LogP contribution in [0.1, 0.15) is 41.3 Å². The molecular formula is C19H17ClN2O5S. The molecule has 9 heteroatoms. The summed E-state index contributed by atoms with van der Waals surface area (Å²) >= 11 is 6.47. The van der Waals surface area contributed by atoms with Crippen LogP contribution in [0.5, 0.6) is 0 Å². The van der Waals surface area contributed by atoms with Crippen molar-refractivity contribution in [2.24, 2.45) is 0 Å². The summed E-state index contributed by atoms with van der Waals surface area (Å²) in [5.74, 6) is -1.02. The van der Waals surface area contributed by atoms with Crippen LogP contribution in [-0.4, -0.2) is 42.6 Å². The molecule has 1 aromatic heterocycles. The minimum atomic E-state index is -3.53. The number of halogens is 1. The van der Waals surface area contributed by atoms with Crippen LogP contribution in [0, 0.1) is 0 Å². The van der Waals surface area contributed by atoms with E-state index in [4.69, 9.17) is 16.3 Å². The average molecular weight is 421 g/mol. The molecule has 2 aliphatic rings. The van der Waals surface area contributed by atoms with Crippen LogP contribution in [0.3, 0.4) is 0 Å². The van der Waals surface area contributed by atoms with E-state index < -0.39 is 21.7 Å². The lowest BCUT2D eigenvalue weighted by Gasteiger charge is -2.20. The second-order valence-corrected chi connectivity index (χ2v) is 9.10. The van der Waals surface area contributed by atoms with Gasteiger partial charge in [-0.25, -0.2) is 13.1 Å². The fourth-order valence-corrected chi connectivity index (χ4v) is 5.91. The molecule has 2 heterocycles. The molecular weight excluding hydrogens is 404 g/mol. The highest BCUT2D eigenvalue weighted by molar-refractivity contribution is 7.91. The number of ether oxygens (including phenoxy) is 1. The minimum Gasteiger partial charge on any atom is -0.376 e. The van der Waals surface area contributed by atoms with Gasteiger partial charge in [0.25, 0.3) is 0 Å². The number of carbonyl (C=O) groups excluding carboxylic acids is 2. The van der Waals surface area contributed by atoms with E-state index in [-0.39, 0.29) is 44.6 Å². The molecule has 1 aliphatic heterocycles. The molecule has 1 unspecified atom stereocenters. The van der Waals surface area contributed by atoms with Gasteiger partial charge in [-0.15, -0.1) is 0 Å². The minimum absolute atomic E-state index is 0.0149. The lowest BCUT2D eigenvalue weighted by molar-refractivity contribution is -0.115.